The van der Waals surface area contributed by atoms with Gasteiger partial charge in [0, 0.05) is 25.4 Å². The van der Waals surface area contributed by atoms with E-state index in [1.54, 1.807) is 0 Å². The number of amides is 2. The zero-order valence-corrected chi connectivity index (χ0v) is 10.0. The Morgan fingerprint density at radius 3 is 2.25 bits per heavy atom. The number of likely N-dealkylation sites (tertiary alicyclic amines) is 1. The number of rotatable bonds is 1. The first-order valence-electron chi connectivity index (χ1n) is 6.16. The molecule has 16 heavy (non-hydrogen) atoms. The highest BCUT2D eigenvalue weighted by molar-refractivity contribution is 5.98. The van der Waals surface area contributed by atoms with Gasteiger partial charge in [-0.2, -0.15) is 0 Å². The third-order valence-electron chi connectivity index (χ3n) is 3.58. The minimum absolute atomic E-state index is 0.0186. The molecule has 0 aromatic carbocycles. The lowest BCUT2D eigenvalue weighted by atomic mass is 9.93. The molecule has 0 radical (unpaired) electrons. The molecule has 0 aromatic heterocycles. The molecule has 2 unspecified atom stereocenters. The van der Waals surface area contributed by atoms with E-state index < -0.39 is 0 Å². The van der Waals surface area contributed by atoms with Gasteiger partial charge in [-0.3, -0.25) is 14.5 Å². The van der Waals surface area contributed by atoms with Gasteiger partial charge in [0.05, 0.1) is 6.04 Å². The maximum Gasteiger partial charge on any atom is 0.229 e. The highest BCUT2D eigenvalue weighted by Gasteiger charge is 2.36. The third-order valence-corrected chi connectivity index (χ3v) is 3.58. The highest BCUT2D eigenvalue weighted by atomic mass is 16.2. The van der Waals surface area contributed by atoms with Crippen LogP contribution < -0.4 is 5.32 Å². The molecule has 0 spiro atoms. The van der Waals surface area contributed by atoms with Gasteiger partial charge in [-0.05, 0) is 25.7 Å². The number of hydrogen-bond donors (Lipinski definition) is 1. The maximum absolute atomic E-state index is 11.9. The van der Waals surface area contributed by atoms with E-state index in [0.29, 0.717) is 18.9 Å². The molecule has 0 bridgehead atoms. The van der Waals surface area contributed by atoms with Crippen LogP contribution >= 0.6 is 0 Å². The fourth-order valence-electron chi connectivity index (χ4n) is 2.62. The van der Waals surface area contributed by atoms with E-state index in [-0.39, 0.29) is 23.8 Å². The lowest BCUT2D eigenvalue weighted by molar-refractivity contribution is -0.153. The number of carbonyl (C=O) groups excluding carboxylic acids is 2. The quantitative estimate of drug-likeness (QED) is 0.674. The van der Waals surface area contributed by atoms with Crippen molar-refractivity contribution in [1.29, 1.82) is 0 Å². The summed E-state index contributed by atoms with van der Waals surface area (Å²) in [6.07, 6.45) is 3.03. The molecule has 1 N–H and O–H groups in total. The Bertz CT molecular complexity index is 277. The number of nitrogens with one attached hydrogen (secondary N) is 1. The summed E-state index contributed by atoms with van der Waals surface area (Å²) < 4.78 is 0. The molecule has 2 fully saturated rings. The number of piperidine rings is 2. The molecule has 2 amide bonds. The Morgan fingerprint density at radius 1 is 1.12 bits per heavy atom. The van der Waals surface area contributed by atoms with Crippen molar-refractivity contribution in [2.75, 3.05) is 6.54 Å². The fraction of sp³-hybridized carbons (Fsp3) is 0.833. The van der Waals surface area contributed by atoms with E-state index in [2.05, 4.69) is 12.2 Å². The van der Waals surface area contributed by atoms with Crippen LogP contribution in [-0.2, 0) is 9.59 Å². The van der Waals surface area contributed by atoms with Crippen molar-refractivity contribution in [2.45, 2.75) is 51.6 Å². The monoisotopic (exact) mass is 224 g/mol. The van der Waals surface area contributed by atoms with Crippen LogP contribution in [-0.4, -0.2) is 35.3 Å². The molecule has 2 rings (SSSR count). The Hall–Kier alpha value is -0.900. The molecule has 0 aromatic rings. The van der Waals surface area contributed by atoms with Crippen LogP contribution in [0.4, 0.5) is 0 Å². The smallest absolute Gasteiger partial charge is 0.229 e. The van der Waals surface area contributed by atoms with E-state index in [0.717, 1.165) is 19.4 Å². The van der Waals surface area contributed by atoms with Crippen LogP contribution in [0, 0.1) is 5.92 Å². The zero-order valence-electron chi connectivity index (χ0n) is 10.0. The van der Waals surface area contributed by atoms with E-state index in [9.17, 15) is 9.59 Å². The summed E-state index contributed by atoms with van der Waals surface area (Å²) in [6.45, 7) is 4.86. The van der Waals surface area contributed by atoms with Gasteiger partial charge < -0.3 is 5.32 Å². The van der Waals surface area contributed by atoms with Gasteiger partial charge in [0.15, 0.2) is 0 Å². The topological polar surface area (TPSA) is 49.4 Å². The minimum Gasteiger partial charge on any atom is -0.312 e. The Balaban J connectivity index is 2.02. The minimum atomic E-state index is 0.0186. The van der Waals surface area contributed by atoms with Gasteiger partial charge in [-0.25, -0.2) is 0 Å². The second-order valence-corrected chi connectivity index (χ2v) is 5.21. The molecule has 0 aliphatic carbocycles. The van der Waals surface area contributed by atoms with Crippen LogP contribution in [0.1, 0.15) is 39.5 Å². The molecule has 2 atom stereocenters. The Kier molecular flexibility index (Phi) is 3.28. The van der Waals surface area contributed by atoms with Crippen molar-refractivity contribution in [1.82, 2.24) is 10.2 Å². The summed E-state index contributed by atoms with van der Waals surface area (Å²) in [4.78, 5) is 25.3. The molecule has 2 aliphatic rings. The molecule has 4 heteroatoms. The standard InChI is InChI=1S/C12H20N2O2/c1-8-5-11(15)14(12(16)6-8)10-4-3-9(2)13-7-10/h8-10,13H,3-7H2,1-2H3. The van der Waals surface area contributed by atoms with Crippen LogP contribution in [0.5, 0.6) is 0 Å². The van der Waals surface area contributed by atoms with Crippen LogP contribution in [0.3, 0.4) is 0 Å². The average molecular weight is 224 g/mol. The van der Waals surface area contributed by atoms with Crippen molar-refractivity contribution in [3.8, 4) is 0 Å². The predicted molar refractivity (Wildman–Crippen MR) is 60.7 cm³/mol. The fourth-order valence-corrected chi connectivity index (χ4v) is 2.62. The molecular weight excluding hydrogens is 204 g/mol. The van der Waals surface area contributed by atoms with Crippen LogP contribution in [0.2, 0.25) is 0 Å². The lowest BCUT2D eigenvalue weighted by Crippen LogP contribution is -2.55. The normalized spacial score (nSPS) is 33.2. The van der Waals surface area contributed by atoms with Crippen LogP contribution in [0.15, 0.2) is 0 Å². The highest BCUT2D eigenvalue weighted by Crippen LogP contribution is 2.24. The number of nitrogens with zero attached hydrogens (tertiary/aromatic N) is 1. The second-order valence-electron chi connectivity index (χ2n) is 5.21. The predicted octanol–water partition coefficient (Wildman–Crippen LogP) is 0.912. The Labute approximate surface area is 96.4 Å². The average Bonchev–Trinajstić information content (AvgIpc) is 2.19. The van der Waals surface area contributed by atoms with Crippen molar-refractivity contribution >= 4 is 11.8 Å². The molecule has 90 valence electrons. The van der Waals surface area contributed by atoms with E-state index in [4.69, 9.17) is 0 Å². The van der Waals surface area contributed by atoms with Crippen molar-refractivity contribution in [2.24, 2.45) is 5.92 Å². The lowest BCUT2D eigenvalue weighted by Gasteiger charge is -2.38. The summed E-state index contributed by atoms with van der Waals surface area (Å²) in [7, 11) is 0. The summed E-state index contributed by atoms with van der Waals surface area (Å²) >= 11 is 0. The first-order chi connectivity index (χ1) is 7.58. The first-order valence-corrected chi connectivity index (χ1v) is 6.16. The molecule has 2 saturated heterocycles. The zero-order chi connectivity index (χ0) is 11.7. The molecular formula is C12H20N2O2. The maximum atomic E-state index is 11.9. The number of hydrogen-bond acceptors (Lipinski definition) is 3. The summed E-state index contributed by atoms with van der Waals surface area (Å²) in [5.74, 6) is 0.252. The summed E-state index contributed by atoms with van der Waals surface area (Å²) in [5.41, 5.74) is 0. The molecule has 0 saturated carbocycles. The number of carbonyl (C=O) groups is 2. The SMILES string of the molecule is CC1CC(=O)N(C2CCC(C)NC2)C(=O)C1. The van der Waals surface area contributed by atoms with Crippen molar-refractivity contribution in [3.63, 3.8) is 0 Å². The van der Waals surface area contributed by atoms with Gasteiger partial charge in [-0.1, -0.05) is 6.92 Å². The summed E-state index contributed by atoms with van der Waals surface area (Å²) in [5, 5.41) is 3.34. The largest absolute Gasteiger partial charge is 0.312 e. The molecule has 2 aliphatic heterocycles. The third kappa shape index (κ3) is 2.26. The van der Waals surface area contributed by atoms with E-state index in [1.165, 1.54) is 4.90 Å². The number of imide groups is 1. The van der Waals surface area contributed by atoms with Gasteiger partial charge in [0.25, 0.3) is 0 Å². The van der Waals surface area contributed by atoms with Crippen LogP contribution in [0.25, 0.3) is 0 Å². The van der Waals surface area contributed by atoms with Gasteiger partial charge >= 0.3 is 0 Å². The van der Waals surface area contributed by atoms with E-state index in [1.807, 2.05) is 6.92 Å². The second kappa shape index (κ2) is 4.53. The van der Waals surface area contributed by atoms with Crippen molar-refractivity contribution < 1.29 is 9.59 Å². The molecule has 2 heterocycles. The van der Waals surface area contributed by atoms with Gasteiger partial charge in [-0.15, -0.1) is 0 Å². The Morgan fingerprint density at radius 2 is 1.75 bits per heavy atom. The van der Waals surface area contributed by atoms with Gasteiger partial charge in [0.2, 0.25) is 11.8 Å². The first kappa shape index (κ1) is 11.6. The summed E-state index contributed by atoms with van der Waals surface area (Å²) in [6, 6.07) is 0.592. The van der Waals surface area contributed by atoms with E-state index >= 15 is 0 Å². The molecule has 4 nitrogen and oxygen atoms in total. The van der Waals surface area contributed by atoms with Gasteiger partial charge in [0.1, 0.15) is 0 Å². The van der Waals surface area contributed by atoms with Crippen molar-refractivity contribution in [3.05, 3.63) is 0 Å².